The Balaban J connectivity index is 2.92. The number of aliphatic hydroxyl groups is 1. The predicted octanol–water partition coefficient (Wildman–Crippen LogP) is -1.09. The average molecular weight is 332 g/mol. The molecule has 0 atom stereocenters. The molecule has 0 saturated carbocycles. The fraction of sp³-hybridized carbons (Fsp3) is 0.333. The molecule has 116 valence electrons. The van der Waals surface area contributed by atoms with E-state index < -0.39 is 25.8 Å². The minimum Gasteiger partial charge on any atom is -0.384 e. The van der Waals surface area contributed by atoms with Gasteiger partial charge in [0, 0.05) is 12.1 Å². The van der Waals surface area contributed by atoms with Crippen LogP contribution in [0.5, 0.6) is 0 Å². The van der Waals surface area contributed by atoms with Gasteiger partial charge in [0.15, 0.2) is 0 Å². The Hall–Kier alpha value is -1.44. The number of aliphatic hydroxyl groups excluding tert-OH is 1. The number of nitrogens with one attached hydrogen (secondary N) is 1. The van der Waals surface area contributed by atoms with Crippen LogP contribution in [0.25, 0.3) is 0 Å². The van der Waals surface area contributed by atoms with Crippen LogP contribution in [-0.2, 0) is 20.0 Å². The van der Waals surface area contributed by atoms with Gasteiger partial charge in [0.1, 0.15) is 6.61 Å². The molecule has 0 heterocycles. The number of benzene rings is 1. The van der Waals surface area contributed by atoms with E-state index >= 15 is 0 Å². The van der Waals surface area contributed by atoms with E-state index in [0.29, 0.717) is 11.1 Å². The lowest BCUT2D eigenvalue weighted by Crippen LogP contribution is -2.31. The molecule has 9 heteroatoms. The van der Waals surface area contributed by atoms with Crippen LogP contribution in [0.3, 0.4) is 0 Å². The quantitative estimate of drug-likeness (QED) is 0.590. The van der Waals surface area contributed by atoms with E-state index in [4.69, 9.17) is 10.2 Å². The Morgan fingerprint density at radius 2 is 1.95 bits per heavy atom. The number of hydrogen-bond donors (Lipinski definition) is 3. The van der Waals surface area contributed by atoms with Crippen LogP contribution < -0.4 is 9.86 Å². The first-order valence-electron chi connectivity index (χ1n) is 5.86. The minimum absolute atomic E-state index is 0.00367. The monoisotopic (exact) mass is 332 g/mol. The largest absolute Gasteiger partial charge is 0.384 e. The van der Waals surface area contributed by atoms with Crippen LogP contribution in [0, 0.1) is 18.8 Å². The fourth-order valence-electron chi connectivity index (χ4n) is 1.48. The second-order valence-electron chi connectivity index (χ2n) is 4.20. The average Bonchev–Trinajstić information content (AvgIpc) is 2.35. The van der Waals surface area contributed by atoms with E-state index in [0.717, 1.165) is 0 Å². The molecule has 1 aromatic carbocycles. The van der Waals surface area contributed by atoms with Gasteiger partial charge in [-0.1, -0.05) is 11.8 Å². The highest BCUT2D eigenvalue weighted by Gasteiger charge is 2.15. The van der Waals surface area contributed by atoms with Crippen molar-refractivity contribution in [3.05, 3.63) is 29.3 Å². The lowest BCUT2D eigenvalue weighted by atomic mass is 10.1. The van der Waals surface area contributed by atoms with Crippen molar-refractivity contribution >= 4 is 20.0 Å². The normalized spacial score (nSPS) is 11.8. The van der Waals surface area contributed by atoms with Crippen LogP contribution in [0.1, 0.15) is 11.1 Å². The van der Waals surface area contributed by atoms with E-state index in [1.807, 2.05) is 0 Å². The molecule has 0 bridgehead atoms. The smallest absolute Gasteiger partial charge is 0.240 e. The molecule has 0 aliphatic heterocycles. The van der Waals surface area contributed by atoms with Gasteiger partial charge >= 0.3 is 0 Å². The number of sulfonamides is 2. The summed E-state index contributed by atoms with van der Waals surface area (Å²) in [5.41, 5.74) is 1.23. The van der Waals surface area contributed by atoms with Crippen molar-refractivity contribution in [2.24, 2.45) is 5.14 Å². The van der Waals surface area contributed by atoms with Gasteiger partial charge in [0.05, 0.1) is 10.6 Å². The van der Waals surface area contributed by atoms with Crippen molar-refractivity contribution < 1.29 is 21.9 Å². The van der Waals surface area contributed by atoms with E-state index in [-0.39, 0.29) is 18.0 Å². The standard InChI is InChI=1S/C12H16N2O5S2/c1-10-9-12(5-4-11(10)3-2-7-15)21(18,19)14-6-8-20(13,16)17/h4-5,9,14-15H,6-8H2,1H3,(H2,13,16,17). The number of nitrogens with two attached hydrogens (primary N) is 1. The first-order valence-corrected chi connectivity index (χ1v) is 9.06. The van der Waals surface area contributed by atoms with Crippen molar-refractivity contribution in [3.8, 4) is 11.8 Å². The minimum atomic E-state index is -3.81. The van der Waals surface area contributed by atoms with Crippen molar-refractivity contribution in [2.45, 2.75) is 11.8 Å². The first-order chi connectivity index (χ1) is 9.65. The number of primary sulfonamides is 1. The van der Waals surface area contributed by atoms with E-state index in [9.17, 15) is 16.8 Å². The predicted molar refractivity (Wildman–Crippen MR) is 78.3 cm³/mol. The van der Waals surface area contributed by atoms with Gasteiger partial charge in [-0.15, -0.1) is 0 Å². The zero-order valence-electron chi connectivity index (χ0n) is 11.3. The molecule has 0 amide bonds. The molecule has 21 heavy (non-hydrogen) atoms. The fourth-order valence-corrected chi connectivity index (χ4v) is 3.11. The molecular weight excluding hydrogens is 316 g/mol. The molecule has 0 unspecified atom stereocenters. The Bertz CT molecular complexity index is 774. The van der Waals surface area contributed by atoms with Gasteiger partial charge in [-0.3, -0.25) is 0 Å². The molecule has 4 N–H and O–H groups in total. The molecule has 0 aliphatic rings. The summed E-state index contributed by atoms with van der Waals surface area (Å²) in [5, 5.41) is 13.4. The molecule has 1 rings (SSSR count). The summed E-state index contributed by atoms with van der Waals surface area (Å²) in [6, 6.07) is 4.29. The van der Waals surface area contributed by atoms with E-state index in [1.54, 1.807) is 6.92 Å². The highest BCUT2D eigenvalue weighted by Crippen LogP contribution is 2.14. The zero-order chi connectivity index (χ0) is 16.1. The first kappa shape index (κ1) is 17.6. The maximum Gasteiger partial charge on any atom is 0.240 e. The number of hydrogen-bond acceptors (Lipinski definition) is 5. The molecule has 0 aliphatic carbocycles. The summed E-state index contributed by atoms with van der Waals surface area (Å²) in [7, 11) is -7.53. The van der Waals surface area contributed by atoms with Crippen LogP contribution in [0.2, 0.25) is 0 Å². The Morgan fingerprint density at radius 1 is 1.29 bits per heavy atom. The molecule has 1 aromatic rings. The van der Waals surface area contributed by atoms with Crippen LogP contribution in [0.15, 0.2) is 23.1 Å². The summed E-state index contributed by atoms with van der Waals surface area (Å²) in [5.74, 6) is 4.69. The van der Waals surface area contributed by atoms with Gasteiger partial charge in [-0.05, 0) is 30.7 Å². The lowest BCUT2D eigenvalue weighted by Gasteiger charge is -2.07. The summed E-state index contributed by atoms with van der Waals surface area (Å²) in [6.45, 7) is 1.10. The van der Waals surface area contributed by atoms with Crippen LogP contribution >= 0.6 is 0 Å². The highest BCUT2D eigenvalue weighted by molar-refractivity contribution is 7.90. The molecule has 0 aromatic heterocycles. The van der Waals surface area contributed by atoms with Crippen LogP contribution in [0.4, 0.5) is 0 Å². The van der Waals surface area contributed by atoms with Crippen molar-refractivity contribution in [2.75, 3.05) is 18.9 Å². The molecule has 0 radical (unpaired) electrons. The Kier molecular flexibility index (Phi) is 5.88. The van der Waals surface area contributed by atoms with E-state index in [2.05, 4.69) is 16.6 Å². The summed E-state index contributed by atoms with van der Waals surface area (Å²) >= 11 is 0. The van der Waals surface area contributed by atoms with Crippen molar-refractivity contribution in [1.82, 2.24) is 4.72 Å². The summed E-state index contributed by atoms with van der Waals surface area (Å²) in [6.07, 6.45) is 0. The zero-order valence-corrected chi connectivity index (χ0v) is 13.0. The molecule has 0 saturated heterocycles. The lowest BCUT2D eigenvalue weighted by molar-refractivity contribution is 0.350. The number of aryl methyl sites for hydroxylation is 1. The van der Waals surface area contributed by atoms with Crippen LogP contribution in [-0.4, -0.2) is 40.8 Å². The van der Waals surface area contributed by atoms with E-state index in [1.165, 1.54) is 18.2 Å². The maximum absolute atomic E-state index is 12.0. The SMILES string of the molecule is Cc1cc(S(=O)(=O)NCCS(N)(=O)=O)ccc1C#CCO. The van der Waals surface area contributed by atoms with Gasteiger partial charge in [0.2, 0.25) is 20.0 Å². The van der Waals surface area contributed by atoms with Gasteiger partial charge in [-0.2, -0.15) is 0 Å². The summed E-state index contributed by atoms with van der Waals surface area (Å²) in [4.78, 5) is 0.00367. The van der Waals surface area contributed by atoms with Crippen molar-refractivity contribution in [3.63, 3.8) is 0 Å². The molecule has 0 spiro atoms. The third-order valence-corrected chi connectivity index (χ3v) is 4.72. The van der Waals surface area contributed by atoms with Gasteiger partial charge < -0.3 is 5.11 Å². The molecule has 0 fully saturated rings. The van der Waals surface area contributed by atoms with Gasteiger partial charge in [0.25, 0.3) is 0 Å². The Labute approximate surface area is 124 Å². The van der Waals surface area contributed by atoms with Crippen molar-refractivity contribution in [1.29, 1.82) is 0 Å². The second-order valence-corrected chi connectivity index (χ2v) is 7.70. The maximum atomic E-state index is 12.0. The number of rotatable bonds is 5. The summed E-state index contributed by atoms with van der Waals surface area (Å²) < 4.78 is 47.6. The van der Waals surface area contributed by atoms with Gasteiger partial charge in [-0.25, -0.2) is 26.7 Å². The Morgan fingerprint density at radius 3 is 2.48 bits per heavy atom. The second kappa shape index (κ2) is 7.02. The third kappa shape index (κ3) is 5.82. The highest BCUT2D eigenvalue weighted by atomic mass is 32.2. The molecule has 7 nitrogen and oxygen atoms in total. The topological polar surface area (TPSA) is 127 Å². The molecular formula is C12H16N2O5S2. The third-order valence-electron chi connectivity index (χ3n) is 2.49.